The fourth-order valence-corrected chi connectivity index (χ4v) is 2.82. The van der Waals surface area contributed by atoms with Crippen LogP contribution in [0.1, 0.15) is 11.6 Å². The minimum Gasteiger partial charge on any atom is -0.324 e. The molecular formula is C21H17N3O4. The maximum Gasteiger partial charge on any atom is 0.269 e. The number of nitro groups is 1. The Morgan fingerprint density at radius 1 is 0.929 bits per heavy atom. The molecule has 140 valence electrons. The molecule has 3 aromatic rings. The molecule has 0 saturated heterocycles. The number of rotatable bonds is 7. The largest absolute Gasteiger partial charge is 0.324 e. The highest BCUT2D eigenvalue weighted by Gasteiger charge is 2.28. The summed E-state index contributed by atoms with van der Waals surface area (Å²) in [6.07, 6.45) is 0.614. The van der Waals surface area contributed by atoms with Gasteiger partial charge in [0.15, 0.2) is 0 Å². The second-order valence-electron chi connectivity index (χ2n) is 5.95. The molecule has 0 aliphatic carbocycles. The third kappa shape index (κ3) is 4.21. The van der Waals surface area contributed by atoms with E-state index in [0.717, 1.165) is 0 Å². The van der Waals surface area contributed by atoms with Crippen LogP contribution in [0.15, 0.2) is 84.9 Å². The summed E-state index contributed by atoms with van der Waals surface area (Å²) in [6.45, 7) is 0. The number of carbonyl (C=O) groups excluding carboxylic acids is 2. The van der Waals surface area contributed by atoms with Gasteiger partial charge in [0, 0.05) is 23.5 Å². The summed E-state index contributed by atoms with van der Waals surface area (Å²) in [5.74, 6) is -0.434. The zero-order valence-corrected chi connectivity index (χ0v) is 14.8. The molecule has 1 atom stereocenters. The van der Waals surface area contributed by atoms with Crippen LogP contribution in [0.3, 0.4) is 0 Å². The number of anilines is 2. The van der Waals surface area contributed by atoms with Crippen molar-refractivity contribution < 1.29 is 14.5 Å². The van der Waals surface area contributed by atoms with Gasteiger partial charge in [0.1, 0.15) is 6.04 Å². The van der Waals surface area contributed by atoms with Crippen LogP contribution in [0, 0.1) is 10.1 Å². The van der Waals surface area contributed by atoms with E-state index in [9.17, 15) is 19.7 Å². The molecular weight excluding hydrogens is 358 g/mol. The summed E-state index contributed by atoms with van der Waals surface area (Å²) in [4.78, 5) is 36.5. The van der Waals surface area contributed by atoms with Gasteiger partial charge in [0.25, 0.3) is 11.6 Å². The minimum atomic E-state index is -0.906. The predicted molar refractivity (Wildman–Crippen MR) is 106 cm³/mol. The molecule has 0 aliphatic rings. The number of carbonyl (C=O) groups is 2. The van der Waals surface area contributed by atoms with Crippen LogP contribution < -0.4 is 10.2 Å². The first-order chi connectivity index (χ1) is 13.6. The number of para-hydroxylation sites is 1. The molecule has 7 nitrogen and oxygen atoms in total. The van der Waals surface area contributed by atoms with Gasteiger partial charge in [-0.2, -0.15) is 0 Å². The van der Waals surface area contributed by atoms with Crippen molar-refractivity contribution in [3.63, 3.8) is 0 Å². The Morgan fingerprint density at radius 2 is 1.50 bits per heavy atom. The topological polar surface area (TPSA) is 92.6 Å². The van der Waals surface area contributed by atoms with Crippen LogP contribution in [-0.4, -0.2) is 17.2 Å². The number of nitrogens with one attached hydrogen (secondary N) is 1. The van der Waals surface area contributed by atoms with E-state index in [1.807, 2.05) is 12.1 Å². The average Bonchev–Trinajstić information content (AvgIpc) is 2.73. The summed E-state index contributed by atoms with van der Waals surface area (Å²) >= 11 is 0. The van der Waals surface area contributed by atoms with Gasteiger partial charge < -0.3 is 5.32 Å². The smallest absolute Gasteiger partial charge is 0.269 e. The van der Waals surface area contributed by atoms with Gasteiger partial charge in [-0.05, 0) is 29.8 Å². The first-order valence-corrected chi connectivity index (χ1v) is 8.49. The zero-order valence-electron chi connectivity index (χ0n) is 14.8. The molecule has 0 spiro atoms. The van der Waals surface area contributed by atoms with Crippen LogP contribution in [0.4, 0.5) is 17.1 Å². The third-order valence-corrected chi connectivity index (χ3v) is 4.16. The molecule has 1 unspecified atom stereocenters. The summed E-state index contributed by atoms with van der Waals surface area (Å²) < 4.78 is 0. The van der Waals surface area contributed by atoms with E-state index in [1.54, 1.807) is 48.5 Å². The van der Waals surface area contributed by atoms with E-state index in [0.29, 0.717) is 23.3 Å². The lowest BCUT2D eigenvalue weighted by Crippen LogP contribution is -2.36. The second-order valence-corrected chi connectivity index (χ2v) is 5.95. The molecule has 0 fully saturated rings. The lowest BCUT2D eigenvalue weighted by atomic mass is 10.0. The van der Waals surface area contributed by atoms with Crippen molar-refractivity contribution in [1.29, 1.82) is 0 Å². The zero-order chi connectivity index (χ0) is 19.9. The molecule has 2 amide bonds. The molecule has 7 heteroatoms. The Balaban J connectivity index is 1.93. The molecule has 0 radical (unpaired) electrons. The van der Waals surface area contributed by atoms with Crippen molar-refractivity contribution >= 4 is 29.4 Å². The summed E-state index contributed by atoms with van der Waals surface area (Å²) in [6, 6.07) is 22.4. The van der Waals surface area contributed by atoms with E-state index in [2.05, 4.69) is 5.32 Å². The summed E-state index contributed by atoms with van der Waals surface area (Å²) in [5.41, 5.74) is 1.54. The average molecular weight is 375 g/mol. The summed E-state index contributed by atoms with van der Waals surface area (Å²) in [5, 5.41) is 13.5. The van der Waals surface area contributed by atoms with Crippen molar-refractivity contribution in [3.05, 3.63) is 101 Å². The van der Waals surface area contributed by atoms with Crippen molar-refractivity contribution in [2.24, 2.45) is 0 Å². The molecule has 0 aliphatic heterocycles. The molecule has 1 N–H and O–H groups in total. The molecule has 3 rings (SSSR count). The Bertz CT molecular complexity index is 960. The Labute approximate surface area is 161 Å². The Morgan fingerprint density at radius 3 is 2.04 bits per heavy atom. The van der Waals surface area contributed by atoms with E-state index in [1.165, 1.54) is 29.2 Å². The Hall–Kier alpha value is -4.00. The maximum atomic E-state index is 13.1. The van der Waals surface area contributed by atoms with Crippen LogP contribution >= 0.6 is 0 Å². The molecule has 3 aromatic carbocycles. The van der Waals surface area contributed by atoms with Crippen LogP contribution in [0.5, 0.6) is 0 Å². The lowest BCUT2D eigenvalue weighted by molar-refractivity contribution is -0.384. The van der Waals surface area contributed by atoms with Gasteiger partial charge in [-0.1, -0.05) is 48.5 Å². The fourth-order valence-electron chi connectivity index (χ4n) is 2.82. The summed E-state index contributed by atoms with van der Waals surface area (Å²) in [7, 11) is 0. The van der Waals surface area contributed by atoms with Gasteiger partial charge in [-0.25, -0.2) is 0 Å². The van der Waals surface area contributed by atoms with Crippen LogP contribution in [0.25, 0.3) is 0 Å². The van der Waals surface area contributed by atoms with Gasteiger partial charge >= 0.3 is 0 Å². The predicted octanol–water partition coefficient (Wildman–Crippen LogP) is 3.94. The maximum absolute atomic E-state index is 13.1. The number of nitrogens with zero attached hydrogens (tertiary/aromatic N) is 2. The highest BCUT2D eigenvalue weighted by atomic mass is 16.6. The van der Waals surface area contributed by atoms with Crippen molar-refractivity contribution in [2.45, 2.75) is 6.04 Å². The SMILES string of the molecule is O=CN(c1ccccc1)C(C(=O)Nc1ccc([N+](=O)[O-])cc1)c1ccccc1. The van der Waals surface area contributed by atoms with Crippen LogP contribution in [-0.2, 0) is 9.59 Å². The van der Waals surface area contributed by atoms with Crippen molar-refractivity contribution in [1.82, 2.24) is 0 Å². The number of nitro benzene ring substituents is 1. The number of benzene rings is 3. The van der Waals surface area contributed by atoms with Crippen molar-refractivity contribution in [2.75, 3.05) is 10.2 Å². The molecule has 0 aromatic heterocycles. The highest BCUT2D eigenvalue weighted by molar-refractivity contribution is 6.01. The highest BCUT2D eigenvalue weighted by Crippen LogP contribution is 2.27. The minimum absolute atomic E-state index is 0.0728. The number of hydrogen-bond donors (Lipinski definition) is 1. The van der Waals surface area contributed by atoms with E-state index < -0.39 is 16.9 Å². The number of hydrogen-bond acceptors (Lipinski definition) is 4. The molecule has 0 heterocycles. The first-order valence-electron chi connectivity index (χ1n) is 8.49. The van der Waals surface area contributed by atoms with E-state index in [4.69, 9.17) is 0 Å². The third-order valence-electron chi connectivity index (χ3n) is 4.16. The van der Waals surface area contributed by atoms with Crippen molar-refractivity contribution in [3.8, 4) is 0 Å². The van der Waals surface area contributed by atoms with E-state index in [-0.39, 0.29) is 5.69 Å². The van der Waals surface area contributed by atoms with Gasteiger partial charge in [0.2, 0.25) is 6.41 Å². The van der Waals surface area contributed by atoms with E-state index >= 15 is 0 Å². The van der Waals surface area contributed by atoms with Crippen LogP contribution in [0.2, 0.25) is 0 Å². The first kappa shape index (κ1) is 18.8. The van der Waals surface area contributed by atoms with Gasteiger partial charge in [-0.15, -0.1) is 0 Å². The van der Waals surface area contributed by atoms with Gasteiger partial charge in [-0.3, -0.25) is 24.6 Å². The quantitative estimate of drug-likeness (QED) is 0.385. The normalized spacial score (nSPS) is 11.3. The molecule has 0 saturated carbocycles. The fraction of sp³-hybridized carbons (Fsp3) is 0.0476. The van der Waals surface area contributed by atoms with Gasteiger partial charge in [0.05, 0.1) is 4.92 Å². The monoisotopic (exact) mass is 375 g/mol. The molecule has 0 bridgehead atoms. The number of non-ortho nitro benzene ring substituents is 1. The Kier molecular flexibility index (Phi) is 5.76. The second kappa shape index (κ2) is 8.59. The molecule has 28 heavy (non-hydrogen) atoms. The lowest BCUT2D eigenvalue weighted by Gasteiger charge is -2.28. The number of amides is 2. The standard InChI is InChI=1S/C21H17N3O4/c25-15-23(18-9-5-2-6-10-18)20(16-7-3-1-4-8-16)21(26)22-17-11-13-19(14-12-17)24(27)28/h1-15,20H,(H,22,26).